The molecule has 2 fully saturated rings. The van der Waals surface area contributed by atoms with E-state index in [1.807, 2.05) is 0 Å². The fourth-order valence-corrected chi connectivity index (χ4v) is 3.16. The third-order valence-corrected chi connectivity index (χ3v) is 4.59. The second kappa shape index (κ2) is 5.86. The standard InChI is InChI=1S/C17H20F2O3/c18-15-12(16(20)21)6-7-13(14(15)11-4-5-11)22-10-17(19)8-2-1-3-9-17/h6-7,11H,1-5,8-10H2,(H,20,21). The van der Waals surface area contributed by atoms with Gasteiger partial charge in [0.2, 0.25) is 0 Å². The SMILES string of the molecule is O=C(O)c1ccc(OCC2(F)CCCCC2)c(C2CC2)c1F. The summed E-state index contributed by atoms with van der Waals surface area (Å²) in [4.78, 5) is 11.0. The van der Waals surface area contributed by atoms with Crippen LogP contribution in [0.4, 0.5) is 8.78 Å². The highest BCUT2D eigenvalue weighted by Gasteiger charge is 2.35. The third kappa shape index (κ3) is 3.08. The lowest BCUT2D eigenvalue weighted by Gasteiger charge is -2.29. The predicted octanol–water partition coefficient (Wildman–Crippen LogP) is 4.45. The van der Waals surface area contributed by atoms with Crippen molar-refractivity contribution in [1.29, 1.82) is 0 Å². The normalized spacial score (nSPS) is 20.6. The molecule has 2 aliphatic rings. The van der Waals surface area contributed by atoms with Crippen LogP contribution in [0.3, 0.4) is 0 Å². The van der Waals surface area contributed by atoms with Gasteiger partial charge in [-0.25, -0.2) is 13.6 Å². The van der Waals surface area contributed by atoms with E-state index < -0.39 is 17.5 Å². The van der Waals surface area contributed by atoms with Gasteiger partial charge < -0.3 is 9.84 Å². The molecular formula is C17H20F2O3. The Hall–Kier alpha value is -1.65. The monoisotopic (exact) mass is 310 g/mol. The van der Waals surface area contributed by atoms with E-state index in [0.29, 0.717) is 24.2 Å². The number of benzene rings is 1. The predicted molar refractivity (Wildman–Crippen MR) is 77.8 cm³/mol. The van der Waals surface area contributed by atoms with Gasteiger partial charge in [0.15, 0.2) is 0 Å². The molecule has 0 atom stereocenters. The molecule has 2 saturated carbocycles. The molecule has 22 heavy (non-hydrogen) atoms. The number of aromatic carboxylic acids is 1. The Bertz CT molecular complexity index is 576. The number of carbonyl (C=O) groups is 1. The van der Waals surface area contributed by atoms with Gasteiger partial charge >= 0.3 is 5.97 Å². The first kappa shape index (κ1) is 15.3. The summed E-state index contributed by atoms with van der Waals surface area (Å²) in [7, 11) is 0. The Balaban J connectivity index is 1.81. The number of ether oxygens (including phenoxy) is 1. The first-order chi connectivity index (χ1) is 10.5. The van der Waals surface area contributed by atoms with E-state index in [2.05, 4.69) is 0 Å². The van der Waals surface area contributed by atoms with Gasteiger partial charge in [0.1, 0.15) is 23.8 Å². The summed E-state index contributed by atoms with van der Waals surface area (Å²) in [5.74, 6) is -1.73. The van der Waals surface area contributed by atoms with Crippen molar-refractivity contribution < 1.29 is 23.4 Å². The second-order valence-corrected chi connectivity index (χ2v) is 6.42. The Morgan fingerprint density at radius 2 is 1.95 bits per heavy atom. The highest BCUT2D eigenvalue weighted by Crippen LogP contribution is 2.46. The molecule has 0 aromatic heterocycles. The van der Waals surface area contributed by atoms with Gasteiger partial charge in [-0.1, -0.05) is 19.3 Å². The van der Waals surface area contributed by atoms with Gasteiger partial charge in [-0.05, 0) is 43.7 Å². The fraction of sp³-hybridized carbons (Fsp3) is 0.588. The molecule has 0 saturated heterocycles. The number of hydrogen-bond acceptors (Lipinski definition) is 2. The maximum absolute atomic E-state index is 14.6. The van der Waals surface area contributed by atoms with E-state index in [0.717, 1.165) is 32.1 Å². The van der Waals surface area contributed by atoms with Crippen molar-refractivity contribution in [3.63, 3.8) is 0 Å². The molecule has 1 aromatic rings. The molecule has 2 aliphatic carbocycles. The van der Waals surface area contributed by atoms with E-state index in [1.165, 1.54) is 12.1 Å². The molecule has 0 aliphatic heterocycles. The third-order valence-electron chi connectivity index (χ3n) is 4.59. The minimum absolute atomic E-state index is 0.00350. The lowest BCUT2D eigenvalue weighted by Crippen LogP contribution is -2.33. The molecule has 0 spiro atoms. The van der Waals surface area contributed by atoms with Crippen LogP contribution in [0.2, 0.25) is 0 Å². The Morgan fingerprint density at radius 1 is 1.27 bits per heavy atom. The van der Waals surface area contributed by atoms with Gasteiger partial charge in [0, 0.05) is 5.56 Å². The number of hydrogen-bond donors (Lipinski definition) is 1. The molecular weight excluding hydrogens is 290 g/mol. The van der Waals surface area contributed by atoms with Gasteiger partial charge in [-0.15, -0.1) is 0 Å². The minimum atomic E-state index is -1.35. The quantitative estimate of drug-likeness (QED) is 0.874. The van der Waals surface area contributed by atoms with Gasteiger partial charge in [-0.3, -0.25) is 0 Å². The zero-order valence-electron chi connectivity index (χ0n) is 12.4. The Kier molecular flexibility index (Phi) is 4.06. The second-order valence-electron chi connectivity index (χ2n) is 6.42. The van der Waals surface area contributed by atoms with Crippen molar-refractivity contribution in [1.82, 2.24) is 0 Å². The van der Waals surface area contributed by atoms with Crippen molar-refractivity contribution in [2.45, 2.75) is 56.5 Å². The van der Waals surface area contributed by atoms with Crippen LogP contribution in [-0.4, -0.2) is 23.4 Å². The summed E-state index contributed by atoms with van der Waals surface area (Å²) in [6.07, 6.45) is 5.32. The number of carboxylic acid groups (broad SMARTS) is 1. The summed E-state index contributed by atoms with van der Waals surface area (Å²) < 4.78 is 34.6. The maximum atomic E-state index is 14.6. The van der Waals surface area contributed by atoms with E-state index in [1.54, 1.807) is 0 Å². The molecule has 5 heteroatoms. The number of alkyl halides is 1. The Morgan fingerprint density at radius 3 is 2.55 bits per heavy atom. The molecule has 0 heterocycles. The topological polar surface area (TPSA) is 46.5 Å². The molecule has 0 unspecified atom stereocenters. The van der Waals surface area contributed by atoms with E-state index in [4.69, 9.17) is 9.84 Å². The molecule has 0 amide bonds. The number of rotatable bonds is 5. The van der Waals surface area contributed by atoms with Crippen LogP contribution in [0.5, 0.6) is 5.75 Å². The summed E-state index contributed by atoms with van der Waals surface area (Å²) in [5, 5.41) is 9.02. The smallest absolute Gasteiger partial charge is 0.338 e. The molecule has 120 valence electrons. The average molecular weight is 310 g/mol. The van der Waals surface area contributed by atoms with Crippen molar-refractivity contribution in [2.24, 2.45) is 0 Å². The van der Waals surface area contributed by atoms with E-state index >= 15 is 0 Å². The van der Waals surface area contributed by atoms with Crippen LogP contribution < -0.4 is 4.74 Å². The van der Waals surface area contributed by atoms with Gasteiger partial charge in [0.25, 0.3) is 0 Å². The average Bonchev–Trinajstić information content (AvgIpc) is 3.30. The van der Waals surface area contributed by atoms with Crippen LogP contribution in [0.25, 0.3) is 0 Å². The zero-order valence-corrected chi connectivity index (χ0v) is 12.4. The first-order valence-electron chi connectivity index (χ1n) is 7.88. The van der Waals surface area contributed by atoms with Crippen LogP contribution >= 0.6 is 0 Å². The molecule has 1 aromatic carbocycles. The lowest BCUT2D eigenvalue weighted by molar-refractivity contribution is 0.0469. The first-order valence-corrected chi connectivity index (χ1v) is 7.88. The fourth-order valence-electron chi connectivity index (χ4n) is 3.16. The highest BCUT2D eigenvalue weighted by atomic mass is 19.1. The molecule has 1 N–H and O–H groups in total. The Labute approximate surface area is 128 Å². The summed E-state index contributed by atoms with van der Waals surface area (Å²) in [6, 6.07) is 2.66. The lowest BCUT2D eigenvalue weighted by atomic mass is 9.87. The van der Waals surface area contributed by atoms with Crippen LogP contribution in [0, 0.1) is 5.82 Å². The van der Waals surface area contributed by atoms with Crippen molar-refractivity contribution in [3.05, 3.63) is 29.1 Å². The van der Waals surface area contributed by atoms with Crippen molar-refractivity contribution in [3.8, 4) is 5.75 Å². The van der Waals surface area contributed by atoms with Gasteiger partial charge in [0.05, 0.1) is 5.56 Å². The summed E-state index contributed by atoms with van der Waals surface area (Å²) in [5.41, 5.74) is -1.39. The molecule has 0 bridgehead atoms. The molecule has 0 radical (unpaired) electrons. The molecule has 3 nitrogen and oxygen atoms in total. The van der Waals surface area contributed by atoms with Crippen LogP contribution in [0.1, 0.15) is 66.8 Å². The minimum Gasteiger partial charge on any atom is -0.490 e. The summed E-state index contributed by atoms with van der Waals surface area (Å²) in [6.45, 7) is -0.0847. The van der Waals surface area contributed by atoms with Crippen LogP contribution in [-0.2, 0) is 0 Å². The molecule has 3 rings (SSSR count). The van der Waals surface area contributed by atoms with Crippen LogP contribution in [0.15, 0.2) is 12.1 Å². The van der Waals surface area contributed by atoms with Crippen molar-refractivity contribution >= 4 is 5.97 Å². The van der Waals surface area contributed by atoms with E-state index in [-0.39, 0.29) is 18.1 Å². The van der Waals surface area contributed by atoms with Crippen molar-refractivity contribution in [2.75, 3.05) is 6.61 Å². The number of carboxylic acids is 1. The van der Waals surface area contributed by atoms with Gasteiger partial charge in [-0.2, -0.15) is 0 Å². The largest absolute Gasteiger partial charge is 0.490 e. The number of halogens is 2. The summed E-state index contributed by atoms with van der Waals surface area (Å²) >= 11 is 0. The zero-order chi connectivity index (χ0) is 15.7. The maximum Gasteiger partial charge on any atom is 0.338 e. The highest BCUT2D eigenvalue weighted by molar-refractivity contribution is 5.88. The van der Waals surface area contributed by atoms with E-state index in [9.17, 15) is 13.6 Å².